The van der Waals surface area contributed by atoms with Crippen LogP contribution in [-0.4, -0.2) is 16.1 Å². The van der Waals surface area contributed by atoms with E-state index in [1.165, 1.54) is 0 Å². The summed E-state index contributed by atoms with van der Waals surface area (Å²) in [7, 11) is 0. The molecule has 2 rings (SSSR count). The molecule has 4 heteroatoms. The molecule has 0 spiro atoms. The van der Waals surface area contributed by atoms with Gasteiger partial charge in [0.15, 0.2) is 5.69 Å². The van der Waals surface area contributed by atoms with E-state index in [2.05, 4.69) is 9.83 Å². The molecule has 0 saturated carbocycles. The van der Waals surface area contributed by atoms with Crippen LogP contribution in [0.5, 0.6) is 0 Å². The van der Waals surface area contributed by atoms with Gasteiger partial charge in [-0.1, -0.05) is 38.1 Å². The van der Waals surface area contributed by atoms with Crippen molar-refractivity contribution in [2.45, 2.75) is 26.7 Å². The SMILES string of the molecule is [C-]#[N+]c1ccc(-c2c(C)[nH]c(C(C)C)c2C(=O)O)cc1. The predicted molar refractivity (Wildman–Crippen MR) is 78.3 cm³/mol. The van der Waals surface area contributed by atoms with Gasteiger partial charge >= 0.3 is 5.97 Å². The lowest BCUT2D eigenvalue weighted by Gasteiger charge is -2.06. The highest BCUT2D eigenvalue weighted by atomic mass is 16.4. The molecule has 0 aliphatic rings. The van der Waals surface area contributed by atoms with Crippen LogP contribution in [0.4, 0.5) is 5.69 Å². The van der Waals surface area contributed by atoms with Crippen molar-refractivity contribution in [3.63, 3.8) is 0 Å². The summed E-state index contributed by atoms with van der Waals surface area (Å²) >= 11 is 0. The molecular weight excluding hydrogens is 252 g/mol. The average Bonchev–Trinajstić information content (AvgIpc) is 2.77. The van der Waals surface area contributed by atoms with E-state index in [1.807, 2.05) is 20.8 Å². The second kappa shape index (κ2) is 5.22. The van der Waals surface area contributed by atoms with Crippen molar-refractivity contribution in [3.8, 4) is 11.1 Å². The lowest BCUT2D eigenvalue weighted by Crippen LogP contribution is -2.03. The Morgan fingerprint density at radius 1 is 1.30 bits per heavy atom. The number of nitrogens with zero attached hydrogens (tertiary/aromatic N) is 1. The number of aromatic carboxylic acids is 1. The Bertz CT molecular complexity index is 689. The number of H-pyrrole nitrogens is 1. The van der Waals surface area contributed by atoms with Gasteiger partial charge < -0.3 is 10.1 Å². The van der Waals surface area contributed by atoms with Crippen LogP contribution in [0.15, 0.2) is 24.3 Å². The van der Waals surface area contributed by atoms with Crippen molar-refractivity contribution < 1.29 is 9.90 Å². The number of carboxylic acid groups (broad SMARTS) is 1. The molecule has 0 radical (unpaired) electrons. The van der Waals surface area contributed by atoms with Crippen LogP contribution < -0.4 is 0 Å². The summed E-state index contributed by atoms with van der Waals surface area (Å²) in [5, 5.41) is 9.50. The van der Waals surface area contributed by atoms with Crippen molar-refractivity contribution in [2.75, 3.05) is 0 Å². The molecule has 102 valence electrons. The zero-order valence-corrected chi connectivity index (χ0v) is 11.7. The quantitative estimate of drug-likeness (QED) is 0.812. The van der Waals surface area contributed by atoms with Crippen LogP contribution in [0.3, 0.4) is 0 Å². The van der Waals surface area contributed by atoms with Gasteiger partial charge in [0.05, 0.1) is 12.1 Å². The first-order chi connectivity index (χ1) is 9.45. The molecule has 20 heavy (non-hydrogen) atoms. The Balaban J connectivity index is 2.66. The minimum Gasteiger partial charge on any atom is -0.478 e. The molecule has 0 bridgehead atoms. The molecule has 0 saturated heterocycles. The molecule has 0 aliphatic heterocycles. The van der Waals surface area contributed by atoms with Gasteiger partial charge in [0, 0.05) is 17.0 Å². The highest BCUT2D eigenvalue weighted by molar-refractivity contribution is 5.98. The Hall–Kier alpha value is -2.54. The molecule has 2 aromatic rings. The summed E-state index contributed by atoms with van der Waals surface area (Å²) in [6.07, 6.45) is 0. The molecule has 0 unspecified atom stereocenters. The van der Waals surface area contributed by atoms with E-state index < -0.39 is 5.97 Å². The Morgan fingerprint density at radius 2 is 1.90 bits per heavy atom. The maximum atomic E-state index is 11.6. The van der Waals surface area contributed by atoms with Crippen LogP contribution in [0.1, 0.15) is 41.5 Å². The first-order valence-corrected chi connectivity index (χ1v) is 6.39. The highest BCUT2D eigenvalue weighted by Crippen LogP contribution is 2.34. The second-order valence-corrected chi connectivity index (χ2v) is 5.03. The number of benzene rings is 1. The van der Waals surface area contributed by atoms with Gasteiger partial charge in [-0.25, -0.2) is 9.64 Å². The average molecular weight is 268 g/mol. The topological polar surface area (TPSA) is 57.5 Å². The van der Waals surface area contributed by atoms with E-state index in [9.17, 15) is 9.90 Å². The van der Waals surface area contributed by atoms with E-state index >= 15 is 0 Å². The summed E-state index contributed by atoms with van der Waals surface area (Å²) in [5.74, 6) is -0.821. The first kappa shape index (κ1) is 13.9. The Kier molecular flexibility index (Phi) is 3.62. The molecule has 0 fully saturated rings. The summed E-state index contributed by atoms with van der Waals surface area (Å²) < 4.78 is 0. The standard InChI is InChI=1S/C16H16N2O2/c1-9(2)15-14(16(19)20)13(10(3)18-15)11-5-7-12(17-4)8-6-11/h5-9,18H,1-3H3,(H,19,20). The van der Waals surface area contributed by atoms with Gasteiger partial charge in [-0.2, -0.15) is 0 Å². The van der Waals surface area contributed by atoms with Crippen molar-refractivity contribution in [3.05, 3.63) is 52.6 Å². The van der Waals surface area contributed by atoms with E-state index in [1.54, 1.807) is 24.3 Å². The minimum atomic E-state index is -0.928. The highest BCUT2D eigenvalue weighted by Gasteiger charge is 2.23. The lowest BCUT2D eigenvalue weighted by molar-refractivity contribution is 0.0696. The van der Waals surface area contributed by atoms with Gasteiger partial charge in [-0.05, 0) is 18.4 Å². The fraction of sp³-hybridized carbons (Fsp3) is 0.250. The van der Waals surface area contributed by atoms with Crippen molar-refractivity contribution in [2.24, 2.45) is 0 Å². The van der Waals surface area contributed by atoms with Crippen LogP contribution >= 0.6 is 0 Å². The first-order valence-electron chi connectivity index (χ1n) is 6.39. The van der Waals surface area contributed by atoms with Crippen LogP contribution in [0.2, 0.25) is 0 Å². The number of rotatable bonds is 3. The van der Waals surface area contributed by atoms with Crippen molar-refractivity contribution in [1.29, 1.82) is 0 Å². The van der Waals surface area contributed by atoms with E-state index in [0.717, 1.165) is 17.0 Å². The number of nitrogens with one attached hydrogen (secondary N) is 1. The van der Waals surface area contributed by atoms with Crippen LogP contribution in [0.25, 0.3) is 16.0 Å². The lowest BCUT2D eigenvalue weighted by atomic mass is 9.97. The number of hydrogen-bond donors (Lipinski definition) is 2. The summed E-state index contributed by atoms with van der Waals surface area (Å²) in [5.41, 5.74) is 3.96. The Morgan fingerprint density at radius 3 is 2.35 bits per heavy atom. The molecule has 0 aliphatic carbocycles. The van der Waals surface area contributed by atoms with Crippen LogP contribution in [0, 0.1) is 13.5 Å². The summed E-state index contributed by atoms with van der Waals surface area (Å²) in [6, 6.07) is 6.99. The normalized spacial score (nSPS) is 10.6. The monoisotopic (exact) mass is 268 g/mol. The number of hydrogen-bond acceptors (Lipinski definition) is 1. The number of aromatic nitrogens is 1. The van der Waals surface area contributed by atoms with Gasteiger partial charge in [0.2, 0.25) is 0 Å². The third-order valence-corrected chi connectivity index (χ3v) is 3.29. The van der Waals surface area contributed by atoms with Gasteiger partial charge in [-0.15, -0.1) is 0 Å². The summed E-state index contributed by atoms with van der Waals surface area (Å²) in [6.45, 7) is 12.8. The van der Waals surface area contributed by atoms with Gasteiger partial charge in [0.25, 0.3) is 0 Å². The number of carbonyl (C=O) groups is 1. The summed E-state index contributed by atoms with van der Waals surface area (Å²) in [4.78, 5) is 18.1. The van der Waals surface area contributed by atoms with E-state index in [4.69, 9.17) is 6.57 Å². The molecule has 4 nitrogen and oxygen atoms in total. The molecule has 0 amide bonds. The van der Waals surface area contributed by atoms with Gasteiger partial charge in [-0.3, -0.25) is 0 Å². The maximum absolute atomic E-state index is 11.6. The fourth-order valence-electron chi connectivity index (χ4n) is 2.37. The number of carboxylic acids is 1. The third-order valence-electron chi connectivity index (χ3n) is 3.29. The minimum absolute atomic E-state index is 0.107. The fourth-order valence-corrected chi connectivity index (χ4v) is 2.37. The zero-order chi connectivity index (χ0) is 14.9. The van der Waals surface area contributed by atoms with Crippen LogP contribution in [-0.2, 0) is 0 Å². The van der Waals surface area contributed by atoms with Crippen molar-refractivity contribution in [1.82, 2.24) is 4.98 Å². The molecular formula is C16H16N2O2. The van der Waals surface area contributed by atoms with E-state index in [-0.39, 0.29) is 5.92 Å². The van der Waals surface area contributed by atoms with E-state index in [0.29, 0.717) is 16.8 Å². The molecule has 1 aromatic heterocycles. The largest absolute Gasteiger partial charge is 0.478 e. The smallest absolute Gasteiger partial charge is 0.338 e. The van der Waals surface area contributed by atoms with Crippen molar-refractivity contribution >= 4 is 11.7 Å². The third kappa shape index (κ3) is 2.30. The molecule has 1 heterocycles. The number of aromatic amines is 1. The van der Waals surface area contributed by atoms with Gasteiger partial charge in [0.1, 0.15) is 0 Å². The number of aryl methyl sites for hydroxylation is 1. The molecule has 1 aromatic carbocycles. The molecule has 2 N–H and O–H groups in total. The second-order valence-electron chi connectivity index (χ2n) is 5.03. The predicted octanol–water partition coefficient (Wildman–Crippen LogP) is 4.36. The Labute approximate surface area is 117 Å². The molecule has 0 atom stereocenters. The maximum Gasteiger partial charge on any atom is 0.338 e. The zero-order valence-electron chi connectivity index (χ0n) is 11.7.